The van der Waals surface area contributed by atoms with Crippen molar-refractivity contribution < 1.29 is 28.7 Å². The minimum Gasteiger partial charge on any atom is -0.467 e. The van der Waals surface area contributed by atoms with Crippen molar-refractivity contribution in [1.82, 2.24) is 16.0 Å². The largest absolute Gasteiger partial charge is 0.467 e. The number of esters is 1. The van der Waals surface area contributed by atoms with Crippen LogP contribution in [0.2, 0.25) is 0 Å². The van der Waals surface area contributed by atoms with E-state index in [0.717, 1.165) is 16.7 Å². The summed E-state index contributed by atoms with van der Waals surface area (Å²) in [7, 11) is 1.24. The number of carbonyl (C=O) groups excluding carboxylic acids is 4. The quantitative estimate of drug-likeness (QED) is 0.318. The predicted molar refractivity (Wildman–Crippen MR) is 141 cm³/mol. The van der Waals surface area contributed by atoms with Gasteiger partial charge in [0.05, 0.1) is 13.7 Å². The van der Waals surface area contributed by atoms with Gasteiger partial charge in [-0.1, -0.05) is 91.0 Å². The lowest BCUT2D eigenvalue weighted by Crippen LogP contribution is -2.52. The van der Waals surface area contributed by atoms with Gasteiger partial charge in [-0.15, -0.1) is 0 Å². The lowest BCUT2D eigenvalue weighted by atomic mass is 10.1. The Labute approximate surface area is 221 Å². The van der Waals surface area contributed by atoms with Crippen LogP contribution in [-0.2, 0) is 43.3 Å². The van der Waals surface area contributed by atoms with Crippen molar-refractivity contribution in [2.45, 2.75) is 31.5 Å². The SMILES string of the molecule is COC(=O)[C@H](Cc1ccccc1)NC(=O)CNC(=O)[C@H](Cc1ccccc1)NC(=O)OCc1ccccc1. The Kier molecular flexibility index (Phi) is 10.9. The maximum absolute atomic E-state index is 13.0. The van der Waals surface area contributed by atoms with Crippen LogP contribution in [0.25, 0.3) is 0 Å². The van der Waals surface area contributed by atoms with E-state index >= 15 is 0 Å². The predicted octanol–water partition coefficient (Wildman–Crippen LogP) is 2.54. The van der Waals surface area contributed by atoms with Crippen molar-refractivity contribution >= 4 is 23.9 Å². The van der Waals surface area contributed by atoms with Gasteiger partial charge in [0, 0.05) is 12.8 Å². The molecule has 0 aromatic heterocycles. The monoisotopic (exact) mass is 517 g/mol. The van der Waals surface area contributed by atoms with Gasteiger partial charge in [0.1, 0.15) is 18.7 Å². The first-order valence-electron chi connectivity index (χ1n) is 12.1. The molecule has 0 spiro atoms. The summed E-state index contributed by atoms with van der Waals surface area (Å²) in [4.78, 5) is 50.2. The first-order valence-corrected chi connectivity index (χ1v) is 12.1. The lowest BCUT2D eigenvalue weighted by molar-refractivity contribution is -0.145. The number of amides is 3. The van der Waals surface area contributed by atoms with Gasteiger partial charge in [0.15, 0.2) is 0 Å². The van der Waals surface area contributed by atoms with Gasteiger partial charge < -0.3 is 25.4 Å². The van der Waals surface area contributed by atoms with Gasteiger partial charge in [-0.05, 0) is 16.7 Å². The molecule has 0 aliphatic rings. The standard InChI is InChI=1S/C29H31N3O6/c1-37-28(35)25(18-22-13-7-3-8-14-22)31-26(33)19-30-27(34)24(17-21-11-5-2-6-12-21)32-29(36)38-20-23-15-9-4-10-16-23/h2-16,24-25H,17-20H2,1H3,(H,30,34)(H,31,33)(H,32,36)/t24-,25-/m0/s1. The molecular formula is C29H31N3O6. The molecule has 9 heteroatoms. The summed E-state index contributed by atoms with van der Waals surface area (Å²) in [6.45, 7) is -0.349. The first kappa shape index (κ1) is 27.9. The number of hydrogen-bond acceptors (Lipinski definition) is 6. The molecule has 38 heavy (non-hydrogen) atoms. The van der Waals surface area contributed by atoms with Crippen molar-refractivity contribution in [3.8, 4) is 0 Å². The van der Waals surface area contributed by atoms with Crippen LogP contribution in [0.1, 0.15) is 16.7 Å². The fourth-order valence-corrected chi connectivity index (χ4v) is 3.69. The topological polar surface area (TPSA) is 123 Å². The Hall–Kier alpha value is -4.66. The number of hydrogen-bond donors (Lipinski definition) is 3. The molecule has 0 bridgehead atoms. The summed E-state index contributed by atoms with van der Waals surface area (Å²) in [6.07, 6.45) is -0.338. The van der Waals surface area contributed by atoms with E-state index in [0.29, 0.717) is 0 Å². The normalized spacial score (nSPS) is 11.9. The molecule has 198 valence electrons. The maximum Gasteiger partial charge on any atom is 0.408 e. The zero-order chi connectivity index (χ0) is 27.2. The highest BCUT2D eigenvalue weighted by molar-refractivity contribution is 5.91. The average molecular weight is 518 g/mol. The van der Waals surface area contributed by atoms with Gasteiger partial charge in [0.2, 0.25) is 11.8 Å². The van der Waals surface area contributed by atoms with Gasteiger partial charge in [-0.3, -0.25) is 9.59 Å². The molecule has 0 heterocycles. The van der Waals surface area contributed by atoms with Crippen LogP contribution in [-0.4, -0.2) is 49.6 Å². The third kappa shape index (κ3) is 9.42. The molecule has 0 aliphatic heterocycles. The molecule has 9 nitrogen and oxygen atoms in total. The lowest BCUT2D eigenvalue weighted by Gasteiger charge is -2.20. The van der Waals surface area contributed by atoms with Crippen LogP contribution in [0.3, 0.4) is 0 Å². The summed E-state index contributed by atoms with van der Waals surface area (Å²) in [5.41, 5.74) is 2.46. The molecule has 0 unspecified atom stereocenters. The smallest absolute Gasteiger partial charge is 0.408 e. The highest BCUT2D eigenvalue weighted by atomic mass is 16.5. The second-order valence-corrected chi connectivity index (χ2v) is 8.50. The highest BCUT2D eigenvalue weighted by Gasteiger charge is 2.25. The molecule has 0 saturated carbocycles. The van der Waals surface area contributed by atoms with E-state index in [1.165, 1.54) is 7.11 Å². The van der Waals surface area contributed by atoms with E-state index in [-0.39, 0.29) is 19.4 Å². The van der Waals surface area contributed by atoms with Crippen molar-refractivity contribution in [3.05, 3.63) is 108 Å². The minimum atomic E-state index is -0.991. The number of methoxy groups -OCH3 is 1. The first-order chi connectivity index (χ1) is 18.4. The van der Waals surface area contributed by atoms with Crippen LogP contribution in [0.5, 0.6) is 0 Å². The summed E-state index contributed by atoms with van der Waals surface area (Å²) < 4.78 is 10.1. The van der Waals surface area contributed by atoms with Crippen molar-refractivity contribution in [1.29, 1.82) is 0 Å². The van der Waals surface area contributed by atoms with E-state index < -0.39 is 42.5 Å². The zero-order valence-electron chi connectivity index (χ0n) is 21.1. The number of nitrogens with one attached hydrogen (secondary N) is 3. The van der Waals surface area contributed by atoms with Crippen LogP contribution in [0.15, 0.2) is 91.0 Å². The molecule has 0 saturated heterocycles. The van der Waals surface area contributed by atoms with E-state index in [1.54, 1.807) is 0 Å². The third-order valence-electron chi connectivity index (χ3n) is 5.63. The average Bonchev–Trinajstić information content (AvgIpc) is 2.95. The summed E-state index contributed by atoms with van der Waals surface area (Å²) in [5.74, 6) is -1.74. The number of alkyl carbamates (subject to hydrolysis) is 1. The van der Waals surface area contributed by atoms with Crippen LogP contribution >= 0.6 is 0 Å². The maximum atomic E-state index is 13.0. The van der Waals surface area contributed by atoms with E-state index in [1.807, 2.05) is 91.0 Å². The third-order valence-corrected chi connectivity index (χ3v) is 5.63. The van der Waals surface area contributed by atoms with Gasteiger partial charge in [-0.25, -0.2) is 9.59 Å². The second-order valence-electron chi connectivity index (χ2n) is 8.50. The zero-order valence-corrected chi connectivity index (χ0v) is 21.1. The van der Waals surface area contributed by atoms with Crippen LogP contribution < -0.4 is 16.0 Å². The Morgan fingerprint density at radius 1 is 0.684 bits per heavy atom. The summed E-state index contributed by atoms with van der Waals surface area (Å²) >= 11 is 0. The molecule has 2 atom stereocenters. The molecule has 0 fully saturated rings. The Morgan fingerprint density at radius 2 is 1.18 bits per heavy atom. The molecule has 3 N–H and O–H groups in total. The highest BCUT2D eigenvalue weighted by Crippen LogP contribution is 2.07. The fraction of sp³-hybridized carbons (Fsp3) is 0.241. The summed E-state index contributed by atoms with van der Waals surface area (Å²) in [6, 6.07) is 25.6. The van der Waals surface area contributed by atoms with Gasteiger partial charge in [0.25, 0.3) is 0 Å². The summed E-state index contributed by atoms with van der Waals surface area (Å²) in [5, 5.41) is 7.71. The van der Waals surface area contributed by atoms with Crippen LogP contribution in [0.4, 0.5) is 4.79 Å². The van der Waals surface area contributed by atoms with Gasteiger partial charge in [-0.2, -0.15) is 0 Å². The van der Waals surface area contributed by atoms with Crippen molar-refractivity contribution in [2.75, 3.05) is 13.7 Å². The van der Waals surface area contributed by atoms with Crippen molar-refractivity contribution in [2.24, 2.45) is 0 Å². The van der Waals surface area contributed by atoms with E-state index in [9.17, 15) is 19.2 Å². The van der Waals surface area contributed by atoms with Gasteiger partial charge >= 0.3 is 12.1 Å². The number of carbonyl (C=O) groups is 4. The van der Waals surface area contributed by atoms with E-state index in [4.69, 9.17) is 9.47 Å². The molecular weight excluding hydrogens is 486 g/mol. The number of benzene rings is 3. The fourth-order valence-electron chi connectivity index (χ4n) is 3.69. The second kappa shape index (κ2) is 14.8. The number of ether oxygens (including phenoxy) is 2. The van der Waals surface area contributed by atoms with E-state index in [2.05, 4.69) is 16.0 Å². The Morgan fingerprint density at radius 3 is 1.71 bits per heavy atom. The molecule has 3 amide bonds. The molecule has 3 aromatic carbocycles. The van der Waals surface area contributed by atoms with Crippen LogP contribution in [0, 0.1) is 0 Å². The number of rotatable bonds is 12. The Balaban J connectivity index is 1.58. The molecule has 3 rings (SSSR count). The Bertz CT molecular complexity index is 1190. The molecule has 3 aromatic rings. The molecule has 0 aliphatic carbocycles. The molecule has 0 radical (unpaired) electrons. The van der Waals surface area contributed by atoms with Crippen molar-refractivity contribution in [3.63, 3.8) is 0 Å². The minimum absolute atomic E-state index is 0.0467.